The van der Waals surface area contributed by atoms with Gasteiger partial charge in [-0.3, -0.25) is 14.9 Å². The maximum Gasteiger partial charge on any atom is 0.283 e. The summed E-state index contributed by atoms with van der Waals surface area (Å²) in [4.78, 5) is 20.2. The van der Waals surface area contributed by atoms with Gasteiger partial charge in [0.25, 0.3) is 5.69 Å². The minimum Gasteiger partial charge on any atom is -0.504 e. The third-order valence-corrected chi connectivity index (χ3v) is 1.65. The van der Waals surface area contributed by atoms with Gasteiger partial charge in [-0.15, -0.1) is 0 Å². The van der Waals surface area contributed by atoms with E-state index < -0.39 is 10.6 Å². The molecule has 1 rings (SSSR count). The van der Waals surface area contributed by atoms with Crippen LogP contribution in [0.2, 0.25) is 0 Å². The first-order valence-corrected chi connectivity index (χ1v) is 3.60. The van der Waals surface area contributed by atoms with Crippen LogP contribution in [0.25, 0.3) is 0 Å². The normalized spacial score (nSPS) is 8.87. The summed E-state index contributed by atoms with van der Waals surface area (Å²) >= 11 is 0. The number of nitro benzene ring substituents is 1. The van der Waals surface area contributed by atoms with Crippen molar-refractivity contribution in [1.82, 2.24) is 0 Å². The van der Waals surface area contributed by atoms with E-state index in [9.17, 15) is 20.0 Å². The van der Waals surface area contributed by atoms with Gasteiger partial charge in [0, 0.05) is 35.6 Å². The summed E-state index contributed by atoms with van der Waals surface area (Å²) in [5.74, 6) is -0.345. The van der Waals surface area contributed by atoms with Crippen LogP contribution in [0.3, 0.4) is 0 Å². The van der Waals surface area contributed by atoms with E-state index in [4.69, 9.17) is 0 Å². The van der Waals surface area contributed by atoms with E-state index in [1.807, 2.05) is 0 Å². The van der Waals surface area contributed by atoms with Gasteiger partial charge in [0.1, 0.15) is 0 Å². The topological polar surface area (TPSA) is 89.7 Å². The average molecular weight is 220 g/mol. The molecular weight excluding hydrogens is 213 g/mol. The SMILES string of the molecule is COc1cc([N+](=O)[O-])c(C=O)cc1O.[Na]. The van der Waals surface area contributed by atoms with Crippen molar-refractivity contribution in [2.75, 3.05) is 7.11 Å². The fourth-order valence-corrected chi connectivity index (χ4v) is 0.990. The Morgan fingerprint density at radius 3 is 2.53 bits per heavy atom. The van der Waals surface area contributed by atoms with Gasteiger partial charge < -0.3 is 9.84 Å². The Labute approximate surface area is 107 Å². The molecular formula is C8H7NNaO5. The average Bonchev–Trinajstić information content (AvgIpc) is 2.16. The number of carbonyl (C=O) groups excluding carboxylic acids is 1. The number of methoxy groups -OCH3 is 1. The van der Waals surface area contributed by atoms with E-state index in [2.05, 4.69) is 4.74 Å². The summed E-state index contributed by atoms with van der Waals surface area (Å²) in [6, 6.07) is 1.99. The molecule has 0 amide bonds. The zero-order valence-corrected chi connectivity index (χ0v) is 10.3. The Morgan fingerprint density at radius 1 is 1.53 bits per heavy atom. The fraction of sp³-hybridized carbons (Fsp3) is 0.125. The molecule has 0 saturated heterocycles. The number of hydrogen-bond donors (Lipinski definition) is 1. The maximum absolute atomic E-state index is 10.5. The van der Waals surface area contributed by atoms with Gasteiger partial charge in [-0.2, -0.15) is 0 Å². The second-order valence-corrected chi connectivity index (χ2v) is 2.46. The number of rotatable bonds is 3. The quantitative estimate of drug-likeness (QED) is 0.351. The van der Waals surface area contributed by atoms with Crippen molar-refractivity contribution in [1.29, 1.82) is 0 Å². The van der Waals surface area contributed by atoms with Crippen LogP contribution in [-0.2, 0) is 0 Å². The first kappa shape index (κ1) is 13.9. The van der Waals surface area contributed by atoms with Gasteiger partial charge in [-0.1, -0.05) is 0 Å². The molecule has 0 bridgehead atoms. The molecule has 0 aliphatic rings. The van der Waals surface area contributed by atoms with Crippen molar-refractivity contribution in [2.24, 2.45) is 0 Å². The Morgan fingerprint density at radius 2 is 2.13 bits per heavy atom. The number of aromatic hydroxyl groups is 1. The number of hydrogen-bond acceptors (Lipinski definition) is 5. The number of nitrogens with zero attached hydrogens (tertiary/aromatic N) is 1. The van der Waals surface area contributed by atoms with Crippen LogP contribution < -0.4 is 4.74 Å². The molecule has 0 saturated carbocycles. The minimum absolute atomic E-state index is 0. The van der Waals surface area contributed by atoms with Crippen LogP contribution in [0.4, 0.5) is 5.69 Å². The molecule has 0 aliphatic heterocycles. The van der Waals surface area contributed by atoms with Crippen LogP contribution in [0, 0.1) is 10.1 Å². The molecule has 0 aromatic heterocycles. The Kier molecular flexibility index (Phi) is 5.27. The van der Waals surface area contributed by atoms with Gasteiger partial charge in [-0.05, 0) is 0 Å². The van der Waals surface area contributed by atoms with Crippen LogP contribution in [0.15, 0.2) is 12.1 Å². The number of ether oxygens (including phenoxy) is 1. The van der Waals surface area contributed by atoms with Crippen molar-refractivity contribution in [3.05, 3.63) is 27.8 Å². The summed E-state index contributed by atoms with van der Waals surface area (Å²) in [5.41, 5.74) is -0.581. The molecule has 0 spiro atoms. The number of phenols is 1. The molecule has 75 valence electrons. The molecule has 1 N–H and O–H groups in total. The second-order valence-electron chi connectivity index (χ2n) is 2.46. The molecule has 1 aromatic rings. The summed E-state index contributed by atoms with van der Waals surface area (Å²) in [6.45, 7) is 0. The second kappa shape index (κ2) is 5.69. The molecule has 0 fully saturated rings. The monoisotopic (exact) mass is 220 g/mol. The summed E-state index contributed by atoms with van der Waals surface area (Å²) < 4.78 is 4.66. The van der Waals surface area contributed by atoms with Gasteiger partial charge in [-0.25, -0.2) is 0 Å². The van der Waals surface area contributed by atoms with Gasteiger partial charge in [0.2, 0.25) is 0 Å². The van der Waals surface area contributed by atoms with Crippen molar-refractivity contribution in [2.45, 2.75) is 0 Å². The Bertz CT molecular complexity index is 393. The number of aldehydes is 1. The maximum atomic E-state index is 10.5. The summed E-state index contributed by atoms with van der Waals surface area (Å²) in [6.07, 6.45) is 0.303. The molecule has 15 heavy (non-hydrogen) atoms. The third kappa shape index (κ3) is 2.92. The predicted molar refractivity (Wildman–Crippen MR) is 52.5 cm³/mol. The number of phenolic OH excluding ortho intramolecular Hbond substituents is 1. The fourth-order valence-electron chi connectivity index (χ4n) is 0.990. The van der Waals surface area contributed by atoms with E-state index >= 15 is 0 Å². The molecule has 0 aliphatic carbocycles. The Hall–Kier alpha value is -1.11. The molecule has 6 nitrogen and oxygen atoms in total. The molecule has 7 heteroatoms. The van der Waals surface area contributed by atoms with Gasteiger partial charge in [0.15, 0.2) is 17.8 Å². The van der Waals surface area contributed by atoms with Gasteiger partial charge >= 0.3 is 0 Å². The molecule has 1 radical (unpaired) electrons. The van der Waals surface area contributed by atoms with Crippen molar-refractivity contribution >= 4 is 41.5 Å². The van der Waals surface area contributed by atoms with E-state index in [1.54, 1.807) is 0 Å². The summed E-state index contributed by atoms with van der Waals surface area (Å²) in [7, 11) is 1.26. The first-order chi connectivity index (χ1) is 6.60. The van der Waals surface area contributed by atoms with E-state index in [1.165, 1.54) is 7.11 Å². The zero-order valence-electron chi connectivity index (χ0n) is 8.26. The van der Waals surface area contributed by atoms with Crippen molar-refractivity contribution in [3.63, 3.8) is 0 Å². The van der Waals surface area contributed by atoms with Crippen LogP contribution >= 0.6 is 0 Å². The molecule has 0 atom stereocenters. The Balaban J connectivity index is 0.00000196. The van der Waals surface area contributed by atoms with E-state index in [0.29, 0.717) is 6.29 Å². The number of benzene rings is 1. The zero-order chi connectivity index (χ0) is 10.7. The van der Waals surface area contributed by atoms with Gasteiger partial charge in [0.05, 0.1) is 23.7 Å². The smallest absolute Gasteiger partial charge is 0.283 e. The van der Waals surface area contributed by atoms with E-state index in [-0.39, 0.29) is 46.6 Å². The van der Waals surface area contributed by atoms with Crippen molar-refractivity contribution < 1.29 is 19.6 Å². The van der Waals surface area contributed by atoms with Crippen molar-refractivity contribution in [3.8, 4) is 11.5 Å². The molecule has 0 heterocycles. The minimum atomic E-state index is -0.717. The van der Waals surface area contributed by atoms with Crippen LogP contribution in [0.1, 0.15) is 10.4 Å². The number of carbonyl (C=O) groups is 1. The molecule has 0 unspecified atom stereocenters. The summed E-state index contributed by atoms with van der Waals surface area (Å²) in [5, 5.41) is 19.7. The first-order valence-electron chi connectivity index (χ1n) is 3.60. The van der Waals surface area contributed by atoms with Crippen LogP contribution in [0.5, 0.6) is 11.5 Å². The van der Waals surface area contributed by atoms with Crippen LogP contribution in [-0.4, -0.2) is 53.0 Å². The standard InChI is InChI=1S/C8H7NO5.Na/c1-14-8-3-6(9(12)13)5(4-10)2-7(8)11;/h2-4,11H,1H3;. The van der Waals surface area contributed by atoms with E-state index in [0.717, 1.165) is 12.1 Å². The molecule has 1 aromatic carbocycles. The number of nitro groups is 1. The third-order valence-electron chi connectivity index (χ3n) is 1.65. The largest absolute Gasteiger partial charge is 0.504 e. The predicted octanol–water partition coefficient (Wildman–Crippen LogP) is 0.741.